The Hall–Kier alpha value is -3.34. The summed E-state index contributed by atoms with van der Waals surface area (Å²) in [7, 11) is 3.02. The SMILES string of the molecule is COc1ccc(C(NC(=O)Cc2ccc(OC)c(F)c2)c2ccccc2)cc1. The molecule has 0 aliphatic carbocycles. The summed E-state index contributed by atoms with van der Waals surface area (Å²) in [5.74, 6) is 0.219. The van der Waals surface area contributed by atoms with Gasteiger partial charge in [0.2, 0.25) is 5.91 Å². The van der Waals surface area contributed by atoms with Crippen molar-refractivity contribution in [3.8, 4) is 11.5 Å². The fourth-order valence-corrected chi connectivity index (χ4v) is 3.02. The van der Waals surface area contributed by atoms with E-state index in [0.29, 0.717) is 5.56 Å². The second-order valence-electron chi connectivity index (χ2n) is 6.33. The van der Waals surface area contributed by atoms with Gasteiger partial charge in [-0.1, -0.05) is 48.5 Å². The molecule has 0 aliphatic heterocycles. The summed E-state index contributed by atoms with van der Waals surface area (Å²) in [6.45, 7) is 0. The fraction of sp³-hybridized carbons (Fsp3) is 0.174. The van der Waals surface area contributed by atoms with Crippen molar-refractivity contribution in [2.45, 2.75) is 12.5 Å². The van der Waals surface area contributed by atoms with E-state index in [4.69, 9.17) is 9.47 Å². The standard InChI is InChI=1S/C23H22FNO3/c1-27-19-11-9-18(10-12-19)23(17-6-4-3-5-7-17)25-22(26)15-16-8-13-21(28-2)20(24)14-16/h3-14,23H,15H2,1-2H3,(H,25,26). The maximum Gasteiger partial charge on any atom is 0.225 e. The molecule has 0 bridgehead atoms. The summed E-state index contributed by atoms with van der Waals surface area (Å²) in [5.41, 5.74) is 2.47. The van der Waals surface area contributed by atoms with Crippen molar-refractivity contribution in [3.05, 3.63) is 95.3 Å². The van der Waals surface area contributed by atoms with Crippen molar-refractivity contribution in [1.82, 2.24) is 5.32 Å². The Labute approximate surface area is 163 Å². The lowest BCUT2D eigenvalue weighted by Gasteiger charge is -2.20. The largest absolute Gasteiger partial charge is 0.497 e. The Morgan fingerprint density at radius 3 is 2.21 bits per heavy atom. The molecule has 28 heavy (non-hydrogen) atoms. The number of benzene rings is 3. The summed E-state index contributed by atoms with van der Waals surface area (Å²) >= 11 is 0. The number of nitrogens with one attached hydrogen (secondary N) is 1. The zero-order valence-electron chi connectivity index (χ0n) is 15.8. The van der Waals surface area contributed by atoms with E-state index in [1.54, 1.807) is 13.2 Å². The van der Waals surface area contributed by atoms with Crippen LogP contribution in [0.4, 0.5) is 4.39 Å². The van der Waals surface area contributed by atoms with Crippen molar-refractivity contribution < 1.29 is 18.7 Å². The highest BCUT2D eigenvalue weighted by molar-refractivity contribution is 5.79. The molecule has 1 amide bonds. The van der Waals surface area contributed by atoms with Gasteiger partial charge in [0.15, 0.2) is 11.6 Å². The van der Waals surface area contributed by atoms with Crippen LogP contribution in [0.5, 0.6) is 11.5 Å². The first kappa shape index (κ1) is 19.4. The molecule has 4 nitrogen and oxygen atoms in total. The van der Waals surface area contributed by atoms with Gasteiger partial charge in [-0.05, 0) is 41.0 Å². The predicted molar refractivity (Wildman–Crippen MR) is 106 cm³/mol. The third-order valence-corrected chi connectivity index (χ3v) is 4.47. The van der Waals surface area contributed by atoms with Gasteiger partial charge in [0.25, 0.3) is 0 Å². The van der Waals surface area contributed by atoms with Crippen LogP contribution in [0.1, 0.15) is 22.7 Å². The highest BCUT2D eigenvalue weighted by Gasteiger charge is 2.17. The number of rotatable bonds is 7. The number of hydrogen-bond acceptors (Lipinski definition) is 3. The van der Waals surface area contributed by atoms with Crippen molar-refractivity contribution in [2.75, 3.05) is 14.2 Å². The second-order valence-corrected chi connectivity index (χ2v) is 6.33. The van der Waals surface area contributed by atoms with Gasteiger partial charge in [-0.2, -0.15) is 0 Å². The van der Waals surface area contributed by atoms with Crippen LogP contribution < -0.4 is 14.8 Å². The van der Waals surface area contributed by atoms with Gasteiger partial charge in [0, 0.05) is 0 Å². The number of carbonyl (C=O) groups excluding carboxylic acids is 1. The molecule has 1 unspecified atom stereocenters. The molecule has 0 saturated heterocycles. The van der Waals surface area contributed by atoms with E-state index in [2.05, 4.69) is 5.32 Å². The van der Waals surface area contributed by atoms with Gasteiger partial charge in [-0.15, -0.1) is 0 Å². The summed E-state index contributed by atoms with van der Waals surface area (Å²) in [5, 5.41) is 3.05. The number of carbonyl (C=O) groups is 1. The lowest BCUT2D eigenvalue weighted by Crippen LogP contribution is -2.30. The summed E-state index contributed by atoms with van der Waals surface area (Å²) in [4.78, 5) is 12.7. The fourth-order valence-electron chi connectivity index (χ4n) is 3.02. The molecule has 3 rings (SSSR count). The molecule has 0 fully saturated rings. The first-order chi connectivity index (χ1) is 13.6. The first-order valence-electron chi connectivity index (χ1n) is 8.91. The number of amides is 1. The van der Waals surface area contributed by atoms with Gasteiger partial charge in [-0.25, -0.2) is 4.39 Å². The van der Waals surface area contributed by atoms with Crippen LogP contribution in [0.15, 0.2) is 72.8 Å². The molecular formula is C23H22FNO3. The Kier molecular flexibility index (Phi) is 6.27. The lowest BCUT2D eigenvalue weighted by atomic mass is 9.98. The molecule has 0 heterocycles. The molecule has 3 aromatic rings. The molecule has 1 N–H and O–H groups in total. The molecule has 144 valence electrons. The van der Waals surface area contributed by atoms with E-state index < -0.39 is 5.82 Å². The van der Waals surface area contributed by atoms with Gasteiger partial charge in [-0.3, -0.25) is 4.79 Å². The van der Waals surface area contributed by atoms with Crippen LogP contribution in [-0.4, -0.2) is 20.1 Å². The first-order valence-corrected chi connectivity index (χ1v) is 8.91. The molecule has 0 saturated carbocycles. The topological polar surface area (TPSA) is 47.6 Å². The van der Waals surface area contributed by atoms with E-state index in [1.165, 1.54) is 19.2 Å². The van der Waals surface area contributed by atoms with Crippen LogP contribution in [0, 0.1) is 5.82 Å². The lowest BCUT2D eigenvalue weighted by molar-refractivity contribution is -0.120. The minimum Gasteiger partial charge on any atom is -0.497 e. The third kappa shape index (κ3) is 4.68. The van der Waals surface area contributed by atoms with Gasteiger partial charge >= 0.3 is 0 Å². The summed E-state index contributed by atoms with van der Waals surface area (Å²) in [6, 6.07) is 21.5. The molecule has 3 aromatic carbocycles. The van der Waals surface area contributed by atoms with Crippen molar-refractivity contribution in [2.24, 2.45) is 0 Å². The quantitative estimate of drug-likeness (QED) is 0.666. The average molecular weight is 379 g/mol. The Morgan fingerprint density at radius 2 is 1.61 bits per heavy atom. The number of ether oxygens (including phenoxy) is 2. The zero-order chi connectivity index (χ0) is 19.9. The zero-order valence-corrected chi connectivity index (χ0v) is 15.8. The van der Waals surface area contributed by atoms with Gasteiger partial charge < -0.3 is 14.8 Å². The van der Waals surface area contributed by atoms with E-state index >= 15 is 0 Å². The van der Waals surface area contributed by atoms with E-state index in [-0.39, 0.29) is 24.1 Å². The van der Waals surface area contributed by atoms with E-state index in [1.807, 2.05) is 54.6 Å². The molecule has 0 spiro atoms. The molecule has 0 radical (unpaired) electrons. The minimum absolute atomic E-state index is 0.0698. The highest BCUT2D eigenvalue weighted by Crippen LogP contribution is 2.24. The molecule has 0 aromatic heterocycles. The molecule has 1 atom stereocenters. The average Bonchev–Trinajstić information content (AvgIpc) is 2.73. The van der Waals surface area contributed by atoms with E-state index in [9.17, 15) is 9.18 Å². The van der Waals surface area contributed by atoms with Crippen LogP contribution >= 0.6 is 0 Å². The van der Waals surface area contributed by atoms with Crippen molar-refractivity contribution in [3.63, 3.8) is 0 Å². The third-order valence-electron chi connectivity index (χ3n) is 4.47. The monoisotopic (exact) mass is 379 g/mol. The number of halogens is 1. The second kappa shape index (κ2) is 9.04. The molecular weight excluding hydrogens is 357 g/mol. The predicted octanol–water partition coefficient (Wildman–Crippen LogP) is 4.29. The Bertz CT molecular complexity index is 926. The maximum absolute atomic E-state index is 13.9. The van der Waals surface area contributed by atoms with Crippen LogP contribution in [-0.2, 0) is 11.2 Å². The van der Waals surface area contributed by atoms with E-state index in [0.717, 1.165) is 16.9 Å². The Morgan fingerprint density at radius 1 is 0.929 bits per heavy atom. The van der Waals surface area contributed by atoms with Crippen molar-refractivity contribution in [1.29, 1.82) is 0 Å². The number of methoxy groups -OCH3 is 2. The van der Waals surface area contributed by atoms with Crippen LogP contribution in [0.2, 0.25) is 0 Å². The maximum atomic E-state index is 13.9. The normalized spacial score (nSPS) is 11.5. The number of hydrogen-bond donors (Lipinski definition) is 1. The van der Waals surface area contributed by atoms with Crippen molar-refractivity contribution >= 4 is 5.91 Å². The summed E-state index contributed by atoms with van der Waals surface area (Å²) in [6.07, 6.45) is 0.0698. The molecule has 5 heteroatoms. The minimum atomic E-state index is -0.484. The molecule has 0 aliphatic rings. The highest BCUT2D eigenvalue weighted by atomic mass is 19.1. The summed E-state index contributed by atoms with van der Waals surface area (Å²) < 4.78 is 24.0. The van der Waals surface area contributed by atoms with Crippen LogP contribution in [0.25, 0.3) is 0 Å². The smallest absolute Gasteiger partial charge is 0.225 e. The van der Waals surface area contributed by atoms with Gasteiger partial charge in [0.1, 0.15) is 5.75 Å². The van der Waals surface area contributed by atoms with Crippen LogP contribution in [0.3, 0.4) is 0 Å². The van der Waals surface area contributed by atoms with Gasteiger partial charge in [0.05, 0.1) is 26.7 Å². The Balaban J connectivity index is 1.80.